The molecule has 14 heteroatoms. The third kappa shape index (κ3) is 21.7. The molecular weight excluding hydrogens is 737 g/mol. The van der Waals surface area contributed by atoms with Gasteiger partial charge in [0.05, 0.1) is 0 Å². The first-order valence-electron chi connectivity index (χ1n) is 21.1. The van der Waals surface area contributed by atoms with Gasteiger partial charge in [-0.3, -0.25) is 4.79 Å². The van der Waals surface area contributed by atoms with Crippen LogP contribution in [0.3, 0.4) is 0 Å². The molecule has 2 aromatic rings. The lowest BCUT2D eigenvalue weighted by Gasteiger charge is -2.33. The summed E-state index contributed by atoms with van der Waals surface area (Å²) in [7, 11) is 0. The van der Waals surface area contributed by atoms with Gasteiger partial charge in [0, 0.05) is 69.3 Å². The predicted octanol–water partition coefficient (Wildman–Crippen LogP) is 6.91. The highest BCUT2D eigenvalue weighted by molar-refractivity contribution is 5.74. The molecule has 2 saturated heterocycles. The van der Waals surface area contributed by atoms with Gasteiger partial charge in [0.1, 0.15) is 5.60 Å². The number of rotatable bonds is 15. The van der Waals surface area contributed by atoms with Crippen molar-refractivity contribution in [3.8, 4) is 0 Å². The summed E-state index contributed by atoms with van der Waals surface area (Å²) >= 11 is 0. The van der Waals surface area contributed by atoms with Crippen LogP contribution >= 0.6 is 0 Å². The second kappa shape index (κ2) is 27.1. The Balaban J connectivity index is 0.000000385. The first-order chi connectivity index (χ1) is 27.6. The summed E-state index contributed by atoms with van der Waals surface area (Å²) in [6, 6.07) is 17.8. The normalized spacial score (nSPS) is 14.7. The van der Waals surface area contributed by atoms with Gasteiger partial charge in [-0.15, -0.1) is 0 Å². The quantitative estimate of drug-likeness (QED) is 0.0938. The highest BCUT2D eigenvalue weighted by Gasteiger charge is 2.24. The predicted molar refractivity (Wildman–Crippen MR) is 234 cm³/mol. The maximum atomic E-state index is 12.2. The molecule has 0 radical (unpaired) electrons. The van der Waals surface area contributed by atoms with Crippen LogP contribution in [0.5, 0.6) is 0 Å². The van der Waals surface area contributed by atoms with Gasteiger partial charge in [0.15, 0.2) is 0 Å². The first kappa shape index (κ1) is 49.4. The Morgan fingerprint density at radius 3 is 1.43 bits per heavy atom. The zero-order valence-corrected chi connectivity index (χ0v) is 36.3. The fourth-order valence-corrected chi connectivity index (χ4v) is 6.41. The van der Waals surface area contributed by atoms with E-state index < -0.39 is 5.60 Å². The van der Waals surface area contributed by atoms with E-state index >= 15 is 0 Å². The van der Waals surface area contributed by atoms with Crippen LogP contribution in [-0.2, 0) is 22.4 Å². The van der Waals surface area contributed by atoms with E-state index in [-0.39, 0.29) is 24.6 Å². The summed E-state index contributed by atoms with van der Waals surface area (Å²) < 4.78 is 5.24. The second-order valence-electron chi connectivity index (χ2n) is 16.9. The van der Waals surface area contributed by atoms with Crippen molar-refractivity contribution in [2.24, 2.45) is 17.6 Å². The number of alkyl carbamates (subject to hydrolysis) is 1. The number of amides is 5. The maximum Gasteiger partial charge on any atom is 0.407 e. The molecule has 2 aromatic carbocycles. The fraction of sp³-hybridized carbons (Fsp3) is 0.636. The molecule has 4 rings (SSSR count). The average molecular weight is 811 g/mol. The number of carbonyl (C=O) groups is 4. The Hall–Kier alpha value is -4.72. The van der Waals surface area contributed by atoms with Crippen LogP contribution in [0.4, 0.5) is 25.8 Å². The molecule has 2 aliphatic rings. The van der Waals surface area contributed by atoms with Gasteiger partial charge >= 0.3 is 18.2 Å². The summed E-state index contributed by atoms with van der Waals surface area (Å²) in [6.07, 6.45) is 7.20. The lowest BCUT2D eigenvalue weighted by atomic mass is 10.0. The second-order valence-corrected chi connectivity index (χ2v) is 16.9. The standard InChI is InChI=1S/C24H40N4O3.C19H32N4O.CH2O2/c1-18(2)10-14-25-22(29)28-16-12-21(13-17-28)27-20-8-6-19(7-9-20)11-15-26-23(30)31-24(3,4)5;1-15(2)8-12-21-19(24)23-13-9-18(10-14-23)22-17-5-3-16(4-6-17)7-11-20;2-1-3/h6-9,18,21,27H,10-17H2,1-5H3,(H,25,29)(H,26,30);3-6,15,18,22H,7-14,20H2,1-2H3,(H,21,24);1H,(H,2,3). The van der Waals surface area contributed by atoms with E-state index in [1.165, 1.54) is 5.56 Å². The molecule has 2 aliphatic heterocycles. The van der Waals surface area contributed by atoms with Crippen molar-refractivity contribution < 1.29 is 29.0 Å². The Bertz CT molecular complexity index is 1450. The number of piperidine rings is 2. The van der Waals surface area contributed by atoms with E-state index in [1.54, 1.807) is 0 Å². The van der Waals surface area contributed by atoms with Gasteiger partial charge in [-0.25, -0.2) is 14.4 Å². The van der Waals surface area contributed by atoms with E-state index in [0.29, 0.717) is 37.0 Å². The molecule has 2 fully saturated rings. The topological polar surface area (TPSA) is 190 Å². The minimum absolute atomic E-state index is 0.0587. The molecule has 0 aromatic heterocycles. The molecule has 8 N–H and O–H groups in total. The number of carbonyl (C=O) groups excluding carboxylic acids is 3. The highest BCUT2D eigenvalue weighted by Crippen LogP contribution is 2.19. The summed E-state index contributed by atoms with van der Waals surface area (Å²) in [5, 5.41) is 22.9. The van der Waals surface area contributed by atoms with E-state index in [2.05, 4.69) is 103 Å². The number of benzene rings is 2. The Morgan fingerprint density at radius 1 is 0.707 bits per heavy atom. The number of nitrogens with zero attached hydrogens (tertiary/aromatic N) is 2. The van der Waals surface area contributed by atoms with Crippen molar-refractivity contribution in [1.29, 1.82) is 0 Å². The van der Waals surface area contributed by atoms with Gasteiger partial charge in [-0.05, 0) is 126 Å². The first-order valence-corrected chi connectivity index (χ1v) is 21.1. The smallest absolute Gasteiger partial charge is 0.407 e. The van der Waals surface area contributed by atoms with E-state index in [9.17, 15) is 14.4 Å². The van der Waals surface area contributed by atoms with Crippen LogP contribution in [0.1, 0.15) is 98.1 Å². The summed E-state index contributed by atoms with van der Waals surface area (Å²) in [4.78, 5) is 48.3. The molecule has 0 atom stereocenters. The fourth-order valence-electron chi connectivity index (χ4n) is 6.41. The lowest BCUT2D eigenvalue weighted by Crippen LogP contribution is -2.47. The van der Waals surface area contributed by atoms with Gasteiger partial charge < -0.3 is 52.0 Å². The van der Waals surface area contributed by atoms with Gasteiger partial charge in [-0.1, -0.05) is 52.0 Å². The minimum atomic E-state index is -0.481. The number of carboxylic acid groups (broad SMARTS) is 1. The van der Waals surface area contributed by atoms with Crippen LogP contribution in [0.25, 0.3) is 0 Å². The molecule has 326 valence electrons. The van der Waals surface area contributed by atoms with Crippen molar-refractivity contribution in [2.75, 3.05) is 63.0 Å². The number of nitrogens with one attached hydrogen (secondary N) is 5. The number of nitrogens with two attached hydrogens (primary N) is 1. The zero-order chi connectivity index (χ0) is 42.9. The van der Waals surface area contributed by atoms with Crippen molar-refractivity contribution in [1.82, 2.24) is 25.8 Å². The van der Waals surface area contributed by atoms with Crippen LogP contribution in [0.15, 0.2) is 48.5 Å². The van der Waals surface area contributed by atoms with Gasteiger partial charge in [0.25, 0.3) is 6.47 Å². The number of ether oxygens (including phenoxy) is 1. The maximum absolute atomic E-state index is 12.2. The number of hydrogen-bond donors (Lipinski definition) is 7. The Kier molecular flexibility index (Phi) is 23.1. The van der Waals surface area contributed by atoms with Gasteiger partial charge in [-0.2, -0.15) is 0 Å². The average Bonchev–Trinajstić information content (AvgIpc) is 3.16. The van der Waals surface area contributed by atoms with Crippen LogP contribution in [0, 0.1) is 11.8 Å². The van der Waals surface area contributed by atoms with Crippen molar-refractivity contribution in [3.63, 3.8) is 0 Å². The van der Waals surface area contributed by atoms with Crippen LogP contribution < -0.4 is 32.3 Å². The molecule has 5 amide bonds. The Morgan fingerprint density at radius 2 is 1.09 bits per heavy atom. The summed E-state index contributed by atoms with van der Waals surface area (Å²) in [5.41, 5.74) is 9.77. The van der Waals surface area contributed by atoms with Crippen LogP contribution in [0.2, 0.25) is 0 Å². The van der Waals surface area contributed by atoms with Crippen molar-refractivity contribution >= 4 is 36.0 Å². The third-order valence-electron chi connectivity index (χ3n) is 9.72. The molecule has 0 spiro atoms. The molecule has 0 bridgehead atoms. The van der Waals surface area contributed by atoms with E-state index in [1.807, 2.05) is 30.6 Å². The third-order valence-corrected chi connectivity index (χ3v) is 9.72. The minimum Gasteiger partial charge on any atom is -0.483 e. The number of anilines is 2. The molecule has 2 heterocycles. The van der Waals surface area contributed by atoms with Crippen LogP contribution in [-0.4, -0.2) is 110 Å². The lowest BCUT2D eigenvalue weighted by molar-refractivity contribution is -0.122. The molecule has 14 nitrogen and oxygen atoms in total. The van der Waals surface area contributed by atoms with E-state index in [4.69, 9.17) is 20.4 Å². The summed E-state index contributed by atoms with van der Waals surface area (Å²) in [6.45, 7) is 19.9. The molecule has 58 heavy (non-hydrogen) atoms. The van der Waals surface area contributed by atoms with Crippen molar-refractivity contribution in [3.05, 3.63) is 59.7 Å². The highest BCUT2D eigenvalue weighted by atomic mass is 16.6. The molecule has 0 saturated carbocycles. The number of likely N-dealkylation sites (tertiary alicyclic amines) is 2. The van der Waals surface area contributed by atoms with E-state index in [0.717, 1.165) is 108 Å². The monoisotopic (exact) mass is 811 g/mol. The molecule has 0 aliphatic carbocycles. The molecular formula is C44H74N8O6. The largest absolute Gasteiger partial charge is 0.483 e. The molecule has 0 unspecified atom stereocenters. The Labute approximate surface area is 347 Å². The van der Waals surface area contributed by atoms with Gasteiger partial charge in [0.2, 0.25) is 0 Å². The summed E-state index contributed by atoms with van der Waals surface area (Å²) in [5.74, 6) is 1.22. The number of hydrogen-bond acceptors (Lipinski definition) is 8. The van der Waals surface area contributed by atoms with Crippen molar-refractivity contribution in [2.45, 2.75) is 118 Å². The zero-order valence-electron chi connectivity index (χ0n) is 36.3. The number of urea groups is 2. The SMILES string of the molecule is CC(C)CCNC(=O)N1CCC(Nc2ccc(CCN)cc2)CC1.CC(C)CCNC(=O)N1CCC(Nc2ccc(CCNC(=O)OC(C)(C)C)cc2)CC1.O=CO.